The van der Waals surface area contributed by atoms with Crippen molar-refractivity contribution in [2.45, 2.75) is 50.3 Å². The SMILES string of the molecule is COC(=O)CCCCCCc1cccc(S(=O)(=O)Nc2nc(C)ns2)c1. The van der Waals surface area contributed by atoms with Crippen molar-refractivity contribution in [2.24, 2.45) is 0 Å². The topological polar surface area (TPSA) is 98.2 Å². The fourth-order valence-electron chi connectivity index (χ4n) is 2.43. The van der Waals surface area contributed by atoms with Crippen LogP contribution in [-0.2, 0) is 26.0 Å². The molecule has 0 fully saturated rings. The van der Waals surface area contributed by atoms with E-state index in [0.717, 1.165) is 49.2 Å². The lowest BCUT2D eigenvalue weighted by Crippen LogP contribution is -2.13. The van der Waals surface area contributed by atoms with Crippen LogP contribution in [0.4, 0.5) is 5.13 Å². The van der Waals surface area contributed by atoms with Gasteiger partial charge >= 0.3 is 5.97 Å². The fraction of sp³-hybridized carbons (Fsp3) is 0.471. The maximum absolute atomic E-state index is 12.5. The van der Waals surface area contributed by atoms with Crippen LogP contribution in [0.1, 0.15) is 43.5 Å². The smallest absolute Gasteiger partial charge is 0.305 e. The second-order valence-corrected chi connectivity index (χ2v) is 8.32. The number of ether oxygens (including phenoxy) is 1. The van der Waals surface area contributed by atoms with Gasteiger partial charge in [-0.1, -0.05) is 25.0 Å². The number of nitrogens with zero attached hydrogens (tertiary/aromatic N) is 2. The molecule has 142 valence electrons. The molecule has 0 saturated heterocycles. The molecule has 0 atom stereocenters. The van der Waals surface area contributed by atoms with Crippen molar-refractivity contribution in [1.82, 2.24) is 9.36 Å². The van der Waals surface area contributed by atoms with E-state index in [1.165, 1.54) is 7.11 Å². The van der Waals surface area contributed by atoms with Crippen LogP contribution in [0.25, 0.3) is 0 Å². The third kappa shape index (κ3) is 6.38. The Labute approximate surface area is 158 Å². The van der Waals surface area contributed by atoms with Gasteiger partial charge in [0.05, 0.1) is 12.0 Å². The Balaban J connectivity index is 1.86. The molecule has 26 heavy (non-hydrogen) atoms. The molecule has 1 heterocycles. The van der Waals surface area contributed by atoms with E-state index in [1.807, 2.05) is 6.07 Å². The summed E-state index contributed by atoms with van der Waals surface area (Å²) in [4.78, 5) is 15.3. The molecular formula is C17H23N3O4S2. The van der Waals surface area contributed by atoms with Crippen LogP contribution in [-0.4, -0.2) is 30.9 Å². The molecule has 0 aliphatic carbocycles. The van der Waals surface area contributed by atoms with Gasteiger partial charge in [-0.2, -0.15) is 4.37 Å². The van der Waals surface area contributed by atoms with Gasteiger partial charge in [0.1, 0.15) is 5.82 Å². The number of hydrogen-bond acceptors (Lipinski definition) is 7. The first-order chi connectivity index (χ1) is 12.4. The number of rotatable bonds is 10. The van der Waals surface area contributed by atoms with Crippen molar-refractivity contribution in [3.05, 3.63) is 35.7 Å². The van der Waals surface area contributed by atoms with E-state index in [2.05, 4.69) is 18.8 Å². The largest absolute Gasteiger partial charge is 0.469 e. The lowest BCUT2D eigenvalue weighted by Gasteiger charge is -2.07. The van der Waals surface area contributed by atoms with Crippen molar-refractivity contribution in [3.8, 4) is 0 Å². The van der Waals surface area contributed by atoms with Crippen LogP contribution < -0.4 is 4.72 Å². The molecule has 0 spiro atoms. The van der Waals surface area contributed by atoms with Gasteiger partial charge in [-0.25, -0.2) is 13.4 Å². The highest BCUT2D eigenvalue weighted by atomic mass is 32.2. The van der Waals surface area contributed by atoms with E-state index in [9.17, 15) is 13.2 Å². The van der Waals surface area contributed by atoms with Gasteiger partial charge in [0.15, 0.2) is 0 Å². The number of benzene rings is 1. The summed E-state index contributed by atoms with van der Waals surface area (Å²) in [6, 6.07) is 6.91. The van der Waals surface area contributed by atoms with Crippen LogP contribution in [0.5, 0.6) is 0 Å². The number of aromatic nitrogens is 2. The number of sulfonamides is 1. The van der Waals surface area contributed by atoms with Crippen molar-refractivity contribution in [2.75, 3.05) is 11.8 Å². The molecule has 7 nitrogen and oxygen atoms in total. The van der Waals surface area contributed by atoms with Gasteiger partial charge in [0.25, 0.3) is 10.0 Å². The highest BCUT2D eigenvalue weighted by Crippen LogP contribution is 2.19. The Morgan fingerprint density at radius 1 is 1.23 bits per heavy atom. The maximum Gasteiger partial charge on any atom is 0.305 e. The first kappa shape index (κ1) is 20.3. The van der Waals surface area contributed by atoms with Gasteiger partial charge in [-0.05, 0) is 43.9 Å². The number of carbonyl (C=O) groups is 1. The zero-order valence-corrected chi connectivity index (χ0v) is 16.5. The van der Waals surface area contributed by atoms with Crippen LogP contribution in [0, 0.1) is 6.92 Å². The number of esters is 1. The number of hydrogen-bond donors (Lipinski definition) is 1. The summed E-state index contributed by atoms with van der Waals surface area (Å²) in [7, 11) is -2.27. The summed E-state index contributed by atoms with van der Waals surface area (Å²) in [5, 5.41) is 0.263. The number of methoxy groups -OCH3 is 1. The van der Waals surface area contributed by atoms with Crippen LogP contribution in [0.2, 0.25) is 0 Å². The number of carbonyl (C=O) groups excluding carboxylic acids is 1. The lowest BCUT2D eigenvalue weighted by atomic mass is 10.1. The van der Waals surface area contributed by atoms with Crippen molar-refractivity contribution < 1.29 is 17.9 Å². The Bertz CT molecular complexity index is 834. The first-order valence-corrected chi connectivity index (χ1v) is 10.7. The maximum atomic E-state index is 12.5. The highest BCUT2D eigenvalue weighted by Gasteiger charge is 2.16. The summed E-state index contributed by atoms with van der Waals surface area (Å²) in [6.07, 6.45) is 4.92. The summed E-state index contributed by atoms with van der Waals surface area (Å²) in [6.45, 7) is 1.71. The van der Waals surface area contributed by atoms with Gasteiger partial charge in [0, 0.05) is 18.0 Å². The first-order valence-electron chi connectivity index (χ1n) is 8.39. The lowest BCUT2D eigenvalue weighted by molar-refractivity contribution is -0.140. The van der Waals surface area contributed by atoms with E-state index >= 15 is 0 Å². The number of unbranched alkanes of at least 4 members (excludes halogenated alkanes) is 3. The Kier molecular flexibility index (Phi) is 7.52. The van der Waals surface area contributed by atoms with Crippen LogP contribution in [0.15, 0.2) is 29.2 Å². The molecule has 1 aromatic heterocycles. The van der Waals surface area contributed by atoms with E-state index in [-0.39, 0.29) is 16.0 Å². The summed E-state index contributed by atoms with van der Waals surface area (Å²) in [5.74, 6) is 0.356. The zero-order chi connectivity index (χ0) is 19.0. The summed E-state index contributed by atoms with van der Waals surface area (Å²) in [5.41, 5.74) is 0.967. The molecular weight excluding hydrogens is 374 g/mol. The van der Waals surface area contributed by atoms with E-state index < -0.39 is 10.0 Å². The van der Waals surface area contributed by atoms with Gasteiger partial charge in [0.2, 0.25) is 5.13 Å². The molecule has 0 radical (unpaired) electrons. The van der Waals surface area contributed by atoms with Crippen molar-refractivity contribution in [1.29, 1.82) is 0 Å². The molecule has 0 unspecified atom stereocenters. The number of aryl methyl sites for hydroxylation is 2. The van der Waals surface area contributed by atoms with Gasteiger partial charge in [-0.15, -0.1) is 0 Å². The quantitative estimate of drug-likeness (QED) is 0.488. The van der Waals surface area contributed by atoms with Crippen LogP contribution >= 0.6 is 11.5 Å². The van der Waals surface area contributed by atoms with Gasteiger partial charge < -0.3 is 4.74 Å². The average molecular weight is 398 g/mol. The predicted octanol–water partition coefficient (Wildman–Crippen LogP) is 3.31. The minimum Gasteiger partial charge on any atom is -0.469 e. The van der Waals surface area contributed by atoms with Crippen molar-refractivity contribution in [3.63, 3.8) is 0 Å². The highest BCUT2D eigenvalue weighted by molar-refractivity contribution is 7.93. The molecule has 0 aliphatic heterocycles. The van der Waals surface area contributed by atoms with Crippen LogP contribution in [0.3, 0.4) is 0 Å². The fourth-order valence-corrected chi connectivity index (χ4v) is 4.30. The van der Waals surface area contributed by atoms with E-state index in [4.69, 9.17) is 0 Å². The minimum atomic E-state index is -3.67. The number of anilines is 1. The molecule has 0 aliphatic rings. The zero-order valence-electron chi connectivity index (χ0n) is 14.9. The normalized spacial score (nSPS) is 11.3. The second-order valence-electron chi connectivity index (χ2n) is 5.89. The van der Waals surface area contributed by atoms with Crippen molar-refractivity contribution >= 4 is 32.7 Å². The summed E-state index contributed by atoms with van der Waals surface area (Å²) < 4.78 is 35.9. The molecule has 9 heteroatoms. The molecule has 1 N–H and O–H groups in total. The Morgan fingerprint density at radius 2 is 2.00 bits per heavy atom. The Hall–Kier alpha value is -2.00. The van der Waals surface area contributed by atoms with E-state index in [1.54, 1.807) is 25.1 Å². The molecule has 0 bridgehead atoms. The molecule has 1 aromatic carbocycles. The summed E-state index contributed by atoms with van der Waals surface area (Å²) >= 11 is 1.02. The third-order valence-electron chi connectivity index (χ3n) is 3.78. The third-order valence-corrected chi connectivity index (χ3v) is 5.97. The standard InChI is InChI=1S/C17H23N3O4S2/c1-13-18-17(25-19-13)20-26(22,23)15-10-7-9-14(12-15)8-5-3-4-6-11-16(21)24-2/h7,9-10,12H,3-6,8,11H2,1-2H3,(H,18,19,20). The molecule has 0 amide bonds. The molecule has 2 rings (SSSR count). The molecule has 2 aromatic rings. The molecule has 0 saturated carbocycles. The monoisotopic (exact) mass is 397 g/mol. The van der Waals surface area contributed by atoms with Gasteiger partial charge in [-0.3, -0.25) is 9.52 Å². The van der Waals surface area contributed by atoms with E-state index in [0.29, 0.717) is 12.2 Å². The average Bonchev–Trinajstić information content (AvgIpc) is 3.02. The number of nitrogens with one attached hydrogen (secondary N) is 1. The predicted molar refractivity (Wildman–Crippen MR) is 101 cm³/mol. The minimum absolute atomic E-state index is 0.180. The second kappa shape index (κ2) is 9.63. The Morgan fingerprint density at radius 3 is 2.69 bits per heavy atom.